The van der Waals surface area contributed by atoms with Crippen LogP contribution < -0.4 is 0 Å². The molecule has 5 nitrogen and oxygen atoms in total. The Hall–Kier alpha value is -0.660. The second-order valence-corrected chi connectivity index (χ2v) is 8.63. The lowest BCUT2D eigenvalue weighted by Gasteiger charge is -2.49. The zero-order chi connectivity index (χ0) is 16.5. The fraction of sp³-hybridized carbons (Fsp3) is 0.625. The summed E-state index contributed by atoms with van der Waals surface area (Å²) in [7, 11) is -1.95. The van der Waals surface area contributed by atoms with Crippen molar-refractivity contribution in [2.24, 2.45) is 5.41 Å². The third-order valence-corrected chi connectivity index (χ3v) is 7.18. The summed E-state index contributed by atoms with van der Waals surface area (Å²) in [4.78, 5) is 0.171. The first-order valence-electron chi connectivity index (χ1n) is 7.85. The minimum absolute atomic E-state index is 0.0638. The molecule has 0 aliphatic carbocycles. The summed E-state index contributed by atoms with van der Waals surface area (Å²) in [5.74, 6) is 0. The van der Waals surface area contributed by atoms with E-state index < -0.39 is 10.0 Å². The van der Waals surface area contributed by atoms with Crippen LogP contribution in [0.15, 0.2) is 29.2 Å². The summed E-state index contributed by atoms with van der Waals surface area (Å²) in [6.07, 6.45) is 2.60. The Morgan fingerprint density at radius 3 is 2.96 bits per heavy atom. The molecule has 23 heavy (non-hydrogen) atoms. The predicted molar refractivity (Wildman–Crippen MR) is 88.1 cm³/mol. The largest absolute Gasteiger partial charge is 0.384 e. The third-order valence-electron chi connectivity index (χ3n) is 4.84. The van der Waals surface area contributed by atoms with Crippen LogP contribution in [0, 0.1) is 5.41 Å². The van der Waals surface area contributed by atoms with Crippen LogP contribution in [0.25, 0.3) is 0 Å². The van der Waals surface area contributed by atoms with Crippen molar-refractivity contribution < 1.29 is 17.9 Å². The minimum Gasteiger partial charge on any atom is -0.384 e. The average Bonchev–Trinajstić information content (AvgIpc) is 2.54. The molecule has 1 aromatic carbocycles. The lowest BCUT2D eigenvalue weighted by atomic mass is 9.73. The van der Waals surface area contributed by atoms with E-state index in [-0.39, 0.29) is 21.4 Å². The highest BCUT2D eigenvalue weighted by molar-refractivity contribution is 7.89. The van der Waals surface area contributed by atoms with E-state index in [2.05, 4.69) is 0 Å². The van der Waals surface area contributed by atoms with E-state index in [9.17, 15) is 8.42 Å². The maximum atomic E-state index is 13.0. The number of sulfonamides is 1. The second-order valence-electron chi connectivity index (χ2n) is 6.32. The van der Waals surface area contributed by atoms with Gasteiger partial charge in [0.25, 0.3) is 0 Å². The Kier molecular flexibility index (Phi) is 4.99. The van der Waals surface area contributed by atoms with Gasteiger partial charge < -0.3 is 9.47 Å². The Morgan fingerprint density at radius 2 is 2.22 bits per heavy atom. The highest BCUT2D eigenvalue weighted by Gasteiger charge is 2.48. The number of benzene rings is 1. The molecule has 0 saturated carbocycles. The number of fused-ring (bicyclic) bond motifs is 1. The van der Waals surface area contributed by atoms with Crippen LogP contribution in [-0.4, -0.2) is 52.2 Å². The van der Waals surface area contributed by atoms with Gasteiger partial charge in [-0.15, -0.1) is 0 Å². The van der Waals surface area contributed by atoms with Crippen molar-refractivity contribution in [1.82, 2.24) is 4.31 Å². The zero-order valence-electron chi connectivity index (χ0n) is 13.2. The lowest BCUT2D eigenvalue weighted by Crippen LogP contribution is -2.57. The SMILES string of the molecule is COC[C@@]12CCCO[C@H]1CCN(S(=O)(=O)c1ccccc1Cl)C2. The molecule has 0 unspecified atom stereocenters. The average molecular weight is 360 g/mol. The summed E-state index contributed by atoms with van der Waals surface area (Å²) >= 11 is 6.11. The van der Waals surface area contributed by atoms with Gasteiger partial charge in [-0.3, -0.25) is 0 Å². The van der Waals surface area contributed by atoms with E-state index in [1.165, 1.54) is 0 Å². The lowest BCUT2D eigenvalue weighted by molar-refractivity contribution is -0.137. The molecular weight excluding hydrogens is 338 g/mol. The van der Waals surface area contributed by atoms with Gasteiger partial charge in [-0.2, -0.15) is 4.31 Å². The number of piperidine rings is 1. The molecule has 0 spiro atoms. The van der Waals surface area contributed by atoms with Crippen LogP contribution in [0.1, 0.15) is 19.3 Å². The first-order chi connectivity index (χ1) is 11.0. The van der Waals surface area contributed by atoms with Gasteiger partial charge in [0.2, 0.25) is 10.0 Å². The smallest absolute Gasteiger partial charge is 0.244 e. The molecule has 0 aromatic heterocycles. The van der Waals surface area contributed by atoms with Gasteiger partial charge >= 0.3 is 0 Å². The molecule has 0 amide bonds. The van der Waals surface area contributed by atoms with Gasteiger partial charge in [-0.1, -0.05) is 23.7 Å². The Morgan fingerprint density at radius 1 is 1.43 bits per heavy atom. The molecule has 2 atom stereocenters. The van der Waals surface area contributed by atoms with Crippen molar-refractivity contribution in [3.63, 3.8) is 0 Å². The van der Waals surface area contributed by atoms with Crippen molar-refractivity contribution in [3.05, 3.63) is 29.3 Å². The highest BCUT2D eigenvalue weighted by Crippen LogP contribution is 2.42. The molecule has 3 rings (SSSR count). The van der Waals surface area contributed by atoms with Crippen molar-refractivity contribution in [1.29, 1.82) is 0 Å². The molecule has 2 saturated heterocycles. The van der Waals surface area contributed by atoms with Crippen LogP contribution in [0.2, 0.25) is 5.02 Å². The van der Waals surface area contributed by atoms with Crippen LogP contribution in [0.5, 0.6) is 0 Å². The van der Waals surface area contributed by atoms with Crippen molar-refractivity contribution in [2.75, 3.05) is 33.4 Å². The summed E-state index contributed by atoms with van der Waals surface area (Å²) < 4.78 is 38.8. The maximum absolute atomic E-state index is 13.0. The number of hydrogen-bond acceptors (Lipinski definition) is 4. The zero-order valence-corrected chi connectivity index (χ0v) is 14.8. The quantitative estimate of drug-likeness (QED) is 0.829. The molecule has 0 N–H and O–H groups in total. The predicted octanol–water partition coefficient (Wildman–Crippen LogP) is 2.55. The summed E-state index contributed by atoms with van der Waals surface area (Å²) in [6.45, 7) is 2.11. The van der Waals surface area contributed by atoms with Gasteiger partial charge in [-0.25, -0.2) is 8.42 Å². The molecule has 1 aromatic rings. The number of nitrogens with zero attached hydrogens (tertiary/aromatic N) is 1. The van der Waals surface area contributed by atoms with Gasteiger partial charge in [0.1, 0.15) is 4.90 Å². The van der Waals surface area contributed by atoms with Crippen molar-refractivity contribution in [3.8, 4) is 0 Å². The van der Waals surface area contributed by atoms with Crippen molar-refractivity contribution >= 4 is 21.6 Å². The molecular formula is C16H22ClNO4S. The van der Waals surface area contributed by atoms with Crippen LogP contribution in [-0.2, 0) is 19.5 Å². The highest BCUT2D eigenvalue weighted by atomic mass is 35.5. The molecule has 0 radical (unpaired) electrons. The third kappa shape index (κ3) is 3.15. The first-order valence-corrected chi connectivity index (χ1v) is 9.67. The van der Waals surface area contributed by atoms with E-state index in [1.54, 1.807) is 35.7 Å². The van der Waals surface area contributed by atoms with Crippen LogP contribution in [0.3, 0.4) is 0 Å². The van der Waals surface area contributed by atoms with E-state index in [4.69, 9.17) is 21.1 Å². The molecule has 0 bridgehead atoms. The molecule has 2 aliphatic rings. The Labute approximate surface area is 142 Å². The van der Waals surface area contributed by atoms with Gasteiger partial charge in [0.05, 0.1) is 17.7 Å². The van der Waals surface area contributed by atoms with Gasteiger partial charge in [0, 0.05) is 32.2 Å². The molecule has 2 heterocycles. The monoisotopic (exact) mass is 359 g/mol. The van der Waals surface area contributed by atoms with Crippen LogP contribution in [0.4, 0.5) is 0 Å². The number of ether oxygens (including phenoxy) is 2. The van der Waals surface area contributed by atoms with E-state index in [0.29, 0.717) is 26.1 Å². The van der Waals surface area contributed by atoms with E-state index in [1.807, 2.05) is 0 Å². The van der Waals surface area contributed by atoms with E-state index >= 15 is 0 Å². The second kappa shape index (κ2) is 6.69. The number of halogens is 1. The molecule has 2 aliphatic heterocycles. The summed E-state index contributed by atoms with van der Waals surface area (Å²) in [6, 6.07) is 6.59. The molecule has 2 fully saturated rings. The first kappa shape index (κ1) is 17.2. The normalized spacial score (nSPS) is 29.2. The summed E-state index contributed by atoms with van der Waals surface area (Å²) in [5, 5.41) is 0.260. The topological polar surface area (TPSA) is 55.8 Å². The fourth-order valence-corrected chi connectivity index (χ4v) is 5.79. The summed E-state index contributed by atoms with van der Waals surface area (Å²) in [5.41, 5.74) is -0.264. The van der Waals surface area contributed by atoms with Crippen LogP contribution >= 0.6 is 11.6 Å². The molecule has 128 valence electrons. The standard InChI is InChI=1S/C16H22ClNO4S/c1-21-12-16-8-4-10-22-15(16)7-9-18(11-16)23(19,20)14-6-3-2-5-13(14)17/h2-3,5-6,15H,4,7-12H2,1H3/t15-,16-/m0/s1. The minimum atomic E-state index is -3.61. The molecule has 7 heteroatoms. The Balaban J connectivity index is 1.91. The van der Waals surface area contributed by atoms with Gasteiger partial charge in [0.15, 0.2) is 0 Å². The number of methoxy groups -OCH3 is 1. The maximum Gasteiger partial charge on any atom is 0.244 e. The van der Waals surface area contributed by atoms with Crippen molar-refractivity contribution in [2.45, 2.75) is 30.3 Å². The van der Waals surface area contributed by atoms with E-state index in [0.717, 1.165) is 19.4 Å². The van der Waals surface area contributed by atoms with Gasteiger partial charge in [-0.05, 0) is 31.4 Å². The number of rotatable bonds is 4. The fourth-order valence-electron chi connectivity index (χ4n) is 3.75. The number of hydrogen-bond donors (Lipinski definition) is 0. The Bertz CT molecular complexity index is 662.